The van der Waals surface area contributed by atoms with Crippen molar-refractivity contribution in [2.45, 2.75) is 38.8 Å². The second-order valence-electron chi connectivity index (χ2n) is 6.89. The average Bonchev–Trinajstić information content (AvgIpc) is 3.37. The van der Waals surface area contributed by atoms with E-state index >= 15 is 0 Å². The number of aromatic amines is 1. The van der Waals surface area contributed by atoms with E-state index in [-0.39, 0.29) is 11.9 Å². The number of aryl methyl sites for hydroxylation is 1. The maximum absolute atomic E-state index is 12.2. The van der Waals surface area contributed by atoms with Crippen LogP contribution in [0.2, 0.25) is 0 Å². The van der Waals surface area contributed by atoms with Gasteiger partial charge in [0.05, 0.1) is 23.6 Å². The zero-order chi connectivity index (χ0) is 17.9. The number of imidazole rings is 1. The Morgan fingerprint density at radius 2 is 2.31 bits per heavy atom. The van der Waals surface area contributed by atoms with Crippen LogP contribution in [0, 0.1) is 6.92 Å². The number of fused-ring (bicyclic) bond motifs is 1. The normalized spacial score (nSPS) is 17.8. The molecule has 2 N–H and O–H groups in total. The van der Waals surface area contributed by atoms with Gasteiger partial charge in [-0.1, -0.05) is 18.2 Å². The molecule has 2 aromatic heterocycles. The molecule has 0 bridgehead atoms. The van der Waals surface area contributed by atoms with Crippen LogP contribution in [0.3, 0.4) is 0 Å². The minimum Gasteiger partial charge on any atom is -0.351 e. The van der Waals surface area contributed by atoms with E-state index in [0.717, 1.165) is 42.8 Å². The molecule has 1 unspecified atom stereocenters. The molecular formula is C20H24N4OS. The molecule has 5 nitrogen and oxygen atoms in total. The highest BCUT2D eigenvalue weighted by molar-refractivity contribution is 7.09. The van der Waals surface area contributed by atoms with Crippen LogP contribution in [0.25, 0.3) is 11.0 Å². The van der Waals surface area contributed by atoms with E-state index in [0.29, 0.717) is 13.0 Å². The number of hydrogen-bond acceptors (Lipinski definition) is 4. The van der Waals surface area contributed by atoms with Gasteiger partial charge >= 0.3 is 0 Å². The van der Waals surface area contributed by atoms with Crippen molar-refractivity contribution in [2.75, 3.05) is 13.1 Å². The number of benzene rings is 1. The van der Waals surface area contributed by atoms with Gasteiger partial charge in [0.25, 0.3) is 0 Å². The fraction of sp³-hybridized carbons (Fsp3) is 0.400. The van der Waals surface area contributed by atoms with Crippen molar-refractivity contribution in [1.29, 1.82) is 0 Å². The van der Waals surface area contributed by atoms with Crippen LogP contribution in [0.5, 0.6) is 0 Å². The van der Waals surface area contributed by atoms with Crippen LogP contribution < -0.4 is 5.32 Å². The molecule has 1 aliphatic heterocycles. The average molecular weight is 369 g/mol. The first-order valence-electron chi connectivity index (χ1n) is 9.19. The van der Waals surface area contributed by atoms with Gasteiger partial charge in [-0.3, -0.25) is 9.69 Å². The topological polar surface area (TPSA) is 61.0 Å². The number of para-hydroxylation sites is 1. The summed E-state index contributed by atoms with van der Waals surface area (Å²) in [5.41, 5.74) is 3.35. The number of nitrogens with one attached hydrogen (secondary N) is 2. The molecular weight excluding hydrogens is 344 g/mol. The molecule has 136 valence electrons. The van der Waals surface area contributed by atoms with Crippen LogP contribution in [0.4, 0.5) is 0 Å². The summed E-state index contributed by atoms with van der Waals surface area (Å²) < 4.78 is 0. The van der Waals surface area contributed by atoms with Crippen molar-refractivity contribution in [3.05, 3.63) is 52.0 Å². The number of amides is 1. The second-order valence-corrected chi connectivity index (χ2v) is 7.93. The molecule has 0 saturated carbocycles. The van der Waals surface area contributed by atoms with Crippen LogP contribution in [-0.2, 0) is 11.3 Å². The lowest BCUT2D eigenvalue weighted by Crippen LogP contribution is -2.30. The Morgan fingerprint density at radius 3 is 3.12 bits per heavy atom. The Kier molecular flexibility index (Phi) is 5.04. The lowest BCUT2D eigenvalue weighted by Gasteiger charge is -2.22. The van der Waals surface area contributed by atoms with Gasteiger partial charge in [0, 0.05) is 17.8 Å². The SMILES string of the molecule is Cc1cccc2[nH]c(C3CCCN3CCC(=O)NCc3cccs3)nc12. The largest absolute Gasteiger partial charge is 0.351 e. The van der Waals surface area contributed by atoms with Crippen LogP contribution in [-0.4, -0.2) is 33.9 Å². The van der Waals surface area contributed by atoms with E-state index < -0.39 is 0 Å². The Labute approximate surface area is 157 Å². The zero-order valence-corrected chi connectivity index (χ0v) is 15.8. The van der Waals surface area contributed by atoms with Crippen molar-refractivity contribution >= 4 is 28.3 Å². The summed E-state index contributed by atoms with van der Waals surface area (Å²) in [6, 6.07) is 10.6. The highest BCUT2D eigenvalue weighted by Gasteiger charge is 2.28. The molecule has 1 saturated heterocycles. The quantitative estimate of drug-likeness (QED) is 0.696. The van der Waals surface area contributed by atoms with Gasteiger partial charge in [-0.05, 0) is 49.4 Å². The molecule has 1 aliphatic rings. The molecule has 6 heteroatoms. The van der Waals surface area contributed by atoms with Gasteiger partial charge in [0.2, 0.25) is 5.91 Å². The summed E-state index contributed by atoms with van der Waals surface area (Å²) in [5, 5.41) is 5.05. The van der Waals surface area contributed by atoms with E-state index in [1.54, 1.807) is 11.3 Å². The van der Waals surface area contributed by atoms with Crippen molar-refractivity contribution in [2.24, 2.45) is 0 Å². The van der Waals surface area contributed by atoms with Crippen molar-refractivity contribution in [1.82, 2.24) is 20.2 Å². The molecule has 3 heterocycles. The first-order valence-corrected chi connectivity index (χ1v) is 10.1. The fourth-order valence-corrected chi connectivity index (χ4v) is 4.33. The summed E-state index contributed by atoms with van der Waals surface area (Å²) in [7, 11) is 0. The van der Waals surface area contributed by atoms with Gasteiger partial charge in [-0.25, -0.2) is 4.98 Å². The number of likely N-dealkylation sites (tertiary alicyclic amines) is 1. The first-order chi connectivity index (χ1) is 12.7. The molecule has 26 heavy (non-hydrogen) atoms. The Bertz CT molecular complexity index is 886. The van der Waals surface area contributed by atoms with Gasteiger partial charge in [0.1, 0.15) is 5.82 Å². The minimum absolute atomic E-state index is 0.115. The Hall–Kier alpha value is -2.18. The lowest BCUT2D eigenvalue weighted by molar-refractivity contribution is -0.121. The molecule has 1 fully saturated rings. The van der Waals surface area contributed by atoms with E-state index in [9.17, 15) is 4.79 Å². The van der Waals surface area contributed by atoms with Gasteiger partial charge < -0.3 is 10.3 Å². The third-order valence-corrected chi connectivity index (χ3v) is 5.95. The number of carbonyl (C=O) groups excluding carboxylic acids is 1. The predicted molar refractivity (Wildman–Crippen MR) is 105 cm³/mol. The molecule has 0 spiro atoms. The summed E-state index contributed by atoms with van der Waals surface area (Å²) in [6.07, 6.45) is 2.77. The van der Waals surface area contributed by atoms with E-state index in [4.69, 9.17) is 4.98 Å². The molecule has 1 aromatic carbocycles. The summed E-state index contributed by atoms with van der Waals surface area (Å²) >= 11 is 1.67. The molecule has 3 aromatic rings. The molecule has 0 aliphatic carbocycles. The van der Waals surface area contributed by atoms with Crippen molar-refractivity contribution < 1.29 is 4.79 Å². The van der Waals surface area contributed by atoms with Crippen LogP contribution in [0.1, 0.15) is 41.6 Å². The molecule has 4 rings (SSSR count). The summed E-state index contributed by atoms with van der Waals surface area (Å²) in [4.78, 5) is 24.1. The van der Waals surface area contributed by atoms with E-state index in [1.807, 2.05) is 17.5 Å². The standard InChI is InChI=1S/C20H24N4OS/c1-14-5-2-7-16-19(14)23-20(22-16)17-8-3-10-24(17)11-9-18(25)21-13-15-6-4-12-26-15/h2,4-7,12,17H,3,8-11,13H2,1H3,(H,21,25)(H,22,23). The van der Waals surface area contributed by atoms with Crippen molar-refractivity contribution in [3.63, 3.8) is 0 Å². The van der Waals surface area contributed by atoms with E-state index in [1.165, 1.54) is 10.4 Å². The van der Waals surface area contributed by atoms with Gasteiger partial charge in [-0.2, -0.15) is 0 Å². The lowest BCUT2D eigenvalue weighted by atomic mass is 10.2. The Balaban J connectivity index is 1.37. The Morgan fingerprint density at radius 1 is 1.38 bits per heavy atom. The third-order valence-electron chi connectivity index (χ3n) is 5.08. The number of aromatic nitrogens is 2. The molecule has 1 atom stereocenters. The maximum atomic E-state index is 12.2. The number of nitrogens with zero attached hydrogens (tertiary/aromatic N) is 2. The first kappa shape index (κ1) is 17.2. The van der Waals surface area contributed by atoms with Crippen LogP contribution in [0.15, 0.2) is 35.7 Å². The number of thiophene rings is 1. The summed E-state index contributed by atoms with van der Waals surface area (Å²) in [6.45, 7) is 4.52. The number of hydrogen-bond donors (Lipinski definition) is 2. The third kappa shape index (κ3) is 3.66. The molecule has 1 amide bonds. The maximum Gasteiger partial charge on any atom is 0.221 e. The zero-order valence-electron chi connectivity index (χ0n) is 15.0. The second kappa shape index (κ2) is 7.60. The van der Waals surface area contributed by atoms with Gasteiger partial charge in [-0.15, -0.1) is 11.3 Å². The van der Waals surface area contributed by atoms with Gasteiger partial charge in [0.15, 0.2) is 0 Å². The minimum atomic E-state index is 0.115. The number of carbonyl (C=O) groups is 1. The highest BCUT2D eigenvalue weighted by Crippen LogP contribution is 2.31. The number of H-pyrrole nitrogens is 1. The predicted octanol–water partition coefficient (Wildman–Crippen LogP) is 3.78. The fourth-order valence-electron chi connectivity index (χ4n) is 3.69. The van der Waals surface area contributed by atoms with Crippen LogP contribution >= 0.6 is 11.3 Å². The monoisotopic (exact) mass is 368 g/mol. The highest BCUT2D eigenvalue weighted by atomic mass is 32.1. The molecule has 0 radical (unpaired) electrons. The smallest absolute Gasteiger partial charge is 0.221 e. The number of rotatable bonds is 6. The van der Waals surface area contributed by atoms with E-state index in [2.05, 4.69) is 40.3 Å². The summed E-state index contributed by atoms with van der Waals surface area (Å²) in [5.74, 6) is 1.15. The van der Waals surface area contributed by atoms with Crippen molar-refractivity contribution in [3.8, 4) is 0 Å².